The minimum absolute atomic E-state index is 0.627. The zero-order valence-corrected chi connectivity index (χ0v) is 12.8. The van der Waals surface area contributed by atoms with Gasteiger partial charge in [-0.15, -0.1) is 0 Å². The summed E-state index contributed by atoms with van der Waals surface area (Å²) in [4.78, 5) is 7.09. The van der Waals surface area contributed by atoms with Crippen LogP contribution in [0.2, 0.25) is 0 Å². The minimum Gasteiger partial charge on any atom is -0.383 e. The number of ether oxygens (including phenoxy) is 1. The van der Waals surface area contributed by atoms with Crippen LogP contribution in [0.15, 0.2) is 12.4 Å². The highest BCUT2D eigenvalue weighted by molar-refractivity contribution is 4.94. The number of aryl methyl sites for hydroxylation is 1. The number of rotatable bonds is 8. The van der Waals surface area contributed by atoms with E-state index in [0.29, 0.717) is 6.04 Å². The summed E-state index contributed by atoms with van der Waals surface area (Å²) in [5.74, 6) is 1.19. The van der Waals surface area contributed by atoms with Crippen molar-refractivity contribution in [1.82, 2.24) is 19.8 Å². The number of nitrogens with zero attached hydrogens (tertiary/aromatic N) is 3. The first kappa shape index (κ1) is 15.5. The Morgan fingerprint density at radius 2 is 2.35 bits per heavy atom. The minimum atomic E-state index is 0.627. The average Bonchev–Trinajstić information content (AvgIpc) is 2.92. The molecule has 1 unspecified atom stereocenters. The maximum atomic E-state index is 5.08. The molecule has 0 bridgehead atoms. The Labute approximate surface area is 122 Å². The van der Waals surface area contributed by atoms with Crippen LogP contribution >= 0.6 is 0 Å². The van der Waals surface area contributed by atoms with Crippen molar-refractivity contribution in [2.24, 2.45) is 0 Å². The summed E-state index contributed by atoms with van der Waals surface area (Å²) in [7, 11) is 1.75. The summed E-state index contributed by atoms with van der Waals surface area (Å²) in [6, 6.07) is 0.627. The van der Waals surface area contributed by atoms with E-state index < -0.39 is 0 Å². The first-order valence-electron chi connectivity index (χ1n) is 7.79. The quantitative estimate of drug-likeness (QED) is 0.733. The van der Waals surface area contributed by atoms with Gasteiger partial charge in [0.25, 0.3) is 0 Å². The summed E-state index contributed by atoms with van der Waals surface area (Å²) < 4.78 is 7.32. The summed E-state index contributed by atoms with van der Waals surface area (Å²) >= 11 is 0. The van der Waals surface area contributed by atoms with Crippen LogP contribution in [-0.2, 0) is 17.8 Å². The molecule has 5 heteroatoms. The molecule has 0 amide bonds. The molecule has 0 radical (unpaired) electrons. The van der Waals surface area contributed by atoms with Crippen LogP contribution in [0.3, 0.4) is 0 Å². The molecule has 0 aliphatic carbocycles. The second-order valence-corrected chi connectivity index (χ2v) is 5.45. The fourth-order valence-corrected chi connectivity index (χ4v) is 2.90. The van der Waals surface area contributed by atoms with E-state index in [1.807, 2.05) is 6.20 Å². The lowest BCUT2D eigenvalue weighted by atomic mass is 10.0. The second-order valence-electron chi connectivity index (χ2n) is 5.45. The standard InChI is InChI=1S/C15H28N4O/c1-3-18-10-7-17-15(18)13-19-9-5-4-6-14(19)12-16-8-11-20-2/h7,10,14,16H,3-6,8-9,11-13H2,1-2H3. The predicted molar refractivity (Wildman–Crippen MR) is 80.7 cm³/mol. The smallest absolute Gasteiger partial charge is 0.122 e. The highest BCUT2D eigenvalue weighted by atomic mass is 16.5. The number of nitrogens with one attached hydrogen (secondary N) is 1. The fraction of sp³-hybridized carbons (Fsp3) is 0.800. The van der Waals surface area contributed by atoms with E-state index >= 15 is 0 Å². The molecule has 114 valence electrons. The van der Waals surface area contributed by atoms with Gasteiger partial charge in [-0.25, -0.2) is 4.98 Å². The number of piperidine rings is 1. The van der Waals surface area contributed by atoms with E-state index in [1.165, 1.54) is 31.6 Å². The molecule has 1 aliphatic heterocycles. The van der Waals surface area contributed by atoms with Crippen molar-refractivity contribution in [3.8, 4) is 0 Å². The molecule has 1 aliphatic rings. The molecule has 1 aromatic heterocycles. The van der Waals surface area contributed by atoms with Gasteiger partial charge in [0, 0.05) is 45.2 Å². The lowest BCUT2D eigenvalue weighted by molar-refractivity contribution is 0.128. The van der Waals surface area contributed by atoms with Crippen LogP contribution in [0.25, 0.3) is 0 Å². The monoisotopic (exact) mass is 280 g/mol. The molecule has 0 spiro atoms. The Balaban J connectivity index is 1.86. The number of hydrogen-bond donors (Lipinski definition) is 1. The molecule has 1 N–H and O–H groups in total. The van der Waals surface area contributed by atoms with Crippen molar-refractivity contribution in [3.63, 3.8) is 0 Å². The van der Waals surface area contributed by atoms with Gasteiger partial charge in [-0.2, -0.15) is 0 Å². The van der Waals surface area contributed by atoms with Gasteiger partial charge in [0.2, 0.25) is 0 Å². The molecule has 1 aromatic rings. The number of hydrogen-bond acceptors (Lipinski definition) is 4. The van der Waals surface area contributed by atoms with E-state index in [1.54, 1.807) is 7.11 Å². The summed E-state index contributed by atoms with van der Waals surface area (Å²) in [5, 5.41) is 3.50. The van der Waals surface area contributed by atoms with Gasteiger partial charge in [-0.1, -0.05) is 6.42 Å². The highest BCUT2D eigenvalue weighted by Crippen LogP contribution is 2.18. The van der Waals surface area contributed by atoms with Crippen molar-refractivity contribution in [3.05, 3.63) is 18.2 Å². The summed E-state index contributed by atoms with van der Waals surface area (Å²) in [5.41, 5.74) is 0. The first-order valence-corrected chi connectivity index (χ1v) is 7.79. The maximum Gasteiger partial charge on any atom is 0.122 e. The predicted octanol–water partition coefficient (Wildman–Crippen LogP) is 1.49. The molecule has 1 saturated heterocycles. The van der Waals surface area contributed by atoms with Gasteiger partial charge in [0.1, 0.15) is 5.82 Å². The van der Waals surface area contributed by atoms with Crippen LogP contribution in [0, 0.1) is 0 Å². The Morgan fingerprint density at radius 3 is 3.15 bits per heavy atom. The van der Waals surface area contributed by atoms with E-state index in [9.17, 15) is 0 Å². The van der Waals surface area contributed by atoms with Crippen LogP contribution in [-0.4, -0.2) is 53.8 Å². The number of aromatic nitrogens is 2. The highest BCUT2D eigenvalue weighted by Gasteiger charge is 2.23. The topological polar surface area (TPSA) is 42.3 Å². The van der Waals surface area contributed by atoms with Crippen LogP contribution < -0.4 is 5.32 Å². The van der Waals surface area contributed by atoms with Crippen LogP contribution in [0.1, 0.15) is 32.0 Å². The SMILES string of the molecule is CCn1ccnc1CN1CCCCC1CNCCOC. The van der Waals surface area contributed by atoms with Crippen molar-refractivity contribution in [2.45, 2.75) is 45.3 Å². The molecule has 1 atom stereocenters. The molecule has 0 aromatic carbocycles. The molecular weight excluding hydrogens is 252 g/mol. The third kappa shape index (κ3) is 4.30. The lowest BCUT2D eigenvalue weighted by Gasteiger charge is -2.35. The van der Waals surface area contributed by atoms with Crippen molar-refractivity contribution >= 4 is 0 Å². The number of likely N-dealkylation sites (tertiary alicyclic amines) is 1. The zero-order chi connectivity index (χ0) is 14.2. The summed E-state index contributed by atoms with van der Waals surface area (Å²) in [6.45, 7) is 8.10. The Morgan fingerprint density at radius 1 is 1.45 bits per heavy atom. The third-order valence-corrected chi connectivity index (χ3v) is 4.10. The van der Waals surface area contributed by atoms with Gasteiger partial charge in [0.15, 0.2) is 0 Å². The molecule has 20 heavy (non-hydrogen) atoms. The van der Waals surface area contributed by atoms with Crippen LogP contribution in [0.4, 0.5) is 0 Å². The molecule has 5 nitrogen and oxygen atoms in total. The third-order valence-electron chi connectivity index (χ3n) is 4.10. The molecule has 1 fully saturated rings. The van der Waals surface area contributed by atoms with Gasteiger partial charge in [0.05, 0.1) is 13.2 Å². The Hall–Kier alpha value is -0.910. The lowest BCUT2D eigenvalue weighted by Crippen LogP contribution is -2.45. The number of imidazole rings is 1. The Bertz CT molecular complexity index is 380. The fourth-order valence-electron chi connectivity index (χ4n) is 2.90. The molecule has 0 saturated carbocycles. The normalized spacial score (nSPS) is 20.4. The van der Waals surface area contributed by atoms with Crippen LogP contribution in [0.5, 0.6) is 0 Å². The van der Waals surface area contributed by atoms with Crippen molar-refractivity contribution in [2.75, 3.05) is 33.4 Å². The first-order chi connectivity index (χ1) is 9.85. The zero-order valence-electron chi connectivity index (χ0n) is 12.8. The van der Waals surface area contributed by atoms with Crippen molar-refractivity contribution < 1.29 is 4.74 Å². The van der Waals surface area contributed by atoms with E-state index in [-0.39, 0.29) is 0 Å². The molecular formula is C15H28N4O. The van der Waals surface area contributed by atoms with Gasteiger partial charge >= 0.3 is 0 Å². The number of methoxy groups -OCH3 is 1. The molecule has 2 rings (SSSR count). The summed E-state index contributed by atoms with van der Waals surface area (Å²) in [6.07, 6.45) is 7.92. The van der Waals surface area contributed by atoms with E-state index in [2.05, 4.69) is 32.9 Å². The average molecular weight is 280 g/mol. The molecule has 2 heterocycles. The maximum absolute atomic E-state index is 5.08. The second kappa shape index (κ2) is 8.39. The van der Waals surface area contributed by atoms with Crippen molar-refractivity contribution in [1.29, 1.82) is 0 Å². The van der Waals surface area contributed by atoms with E-state index in [4.69, 9.17) is 4.74 Å². The van der Waals surface area contributed by atoms with Gasteiger partial charge < -0.3 is 14.6 Å². The largest absolute Gasteiger partial charge is 0.383 e. The Kier molecular flexibility index (Phi) is 6.50. The van der Waals surface area contributed by atoms with E-state index in [0.717, 1.165) is 32.8 Å². The van der Waals surface area contributed by atoms with Gasteiger partial charge in [-0.3, -0.25) is 4.90 Å². The van der Waals surface area contributed by atoms with Gasteiger partial charge in [-0.05, 0) is 26.3 Å².